The van der Waals surface area contributed by atoms with E-state index in [1.165, 1.54) is 11.8 Å². The Balaban J connectivity index is 1.92. The van der Waals surface area contributed by atoms with Crippen molar-refractivity contribution in [3.63, 3.8) is 0 Å². The number of amides is 1. The summed E-state index contributed by atoms with van der Waals surface area (Å²) in [5.41, 5.74) is 6.03. The van der Waals surface area contributed by atoms with Crippen LogP contribution in [0.15, 0.2) is 47.4 Å². The molecule has 0 radical (unpaired) electrons. The molecule has 0 aromatic heterocycles. The highest BCUT2D eigenvalue weighted by atomic mass is 32.2. The van der Waals surface area contributed by atoms with Gasteiger partial charge in [0.05, 0.1) is 11.4 Å². The lowest BCUT2D eigenvalue weighted by molar-refractivity contribution is -0.113. The molecule has 3 N–H and O–H groups in total. The number of thioether (sulfide) groups is 1. The molecule has 0 saturated heterocycles. The Labute approximate surface area is 119 Å². The van der Waals surface area contributed by atoms with Crippen molar-refractivity contribution >= 4 is 29.0 Å². The third-order valence-electron chi connectivity index (χ3n) is 2.45. The highest BCUT2D eigenvalue weighted by Gasteiger charge is 2.08. The van der Waals surface area contributed by atoms with Crippen molar-refractivity contribution in [2.45, 2.75) is 4.90 Å². The van der Waals surface area contributed by atoms with E-state index in [1.54, 1.807) is 24.3 Å². The fourth-order valence-corrected chi connectivity index (χ4v) is 2.19. The van der Waals surface area contributed by atoms with E-state index in [0.29, 0.717) is 5.69 Å². The van der Waals surface area contributed by atoms with Crippen molar-refractivity contribution in [1.29, 1.82) is 0 Å². The van der Waals surface area contributed by atoms with E-state index in [-0.39, 0.29) is 11.4 Å². The molecule has 0 saturated carbocycles. The zero-order valence-electron chi connectivity index (χ0n) is 10.4. The minimum absolute atomic E-state index is 0.0971. The Morgan fingerprint density at radius 3 is 2.55 bits per heavy atom. The second-order valence-electron chi connectivity index (χ2n) is 4.03. The van der Waals surface area contributed by atoms with Gasteiger partial charge in [-0.1, -0.05) is 0 Å². The van der Waals surface area contributed by atoms with Gasteiger partial charge in [0.1, 0.15) is 11.6 Å². The highest BCUT2D eigenvalue weighted by molar-refractivity contribution is 8.00. The molecule has 0 spiro atoms. The first-order chi connectivity index (χ1) is 9.54. The lowest BCUT2D eigenvalue weighted by atomic mass is 10.3. The summed E-state index contributed by atoms with van der Waals surface area (Å²) in [4.78, 5) is 12.5. The Hall–Kier alpha value is -2.08. The molecule has 2 aromatic rings. The summed E-state index contributed by atoms with van der Waals surface area (Å²) < 4.78 is 26.3. The molecule has 3 nitrogen and oxygen atoms in total. The van der Waals surface area contributed by atoms with Crippen molar-refractivity contribution in [2.75, 3.05) is 16.8 Å². The average molecular weight is 294 g/mol. The van der Waals surface area contributed by atoms with Crippen molar-refractivity contribution < 1.29 is 13.6 Å². The van der Waals surface area contributed by atoms with Gasteiger partial charge in [-0.2, -0.15) is 0 Å². The molecule has 0 fully saturated rings. The number of hydrogen-bond donors (Lipinski definition) is 2. The van der Waals surface area contributed by atoms with Crippen molar-refractivity contribution in [3.05, 3.63) is 54.1 Å². The molecule has 0 aliphatic carbocycles. The number of nitrogen functional groups attached to an aromatic ring is 1. The molecule has 0 aliphatic heterocycles. The predicted octanol–water partition coefficient (Wildman–Crippen LogP) is 3.28. The monoisotopic (exact) mass is 294 g/mol. The lowest BCUT2D eigenvalue weighted by Gasteiger charge is -2.06. The van der Waals surface area contributed by atoms with Crippen LogP contribution in [-0.2, 0) is 4.79 Å². The molecule has 0 atom stereocenters. The molecular weight excluding hydrogens is 282 g/mol. The first-order valence-electron chi connectivity index (χ1n) is 5.78. The van der Waals surface area contributed by atoms with Gasteiger partial charge < -0.3 is 11.1 Å². The van der Waals surface area contributed by atoms with Crippen LogP contribution < -0.4 is 11.1 Å². The highest BCUT2D eigenvalue weighted by Crippen LogP contribution is 2.20. The van der Waals surface area contributed by atoms with E-state index in [4.69, 9.17) is 5.73 Å². The third kappa shape index (κ3) is 3.96. The van der Waals surface area contributed by atoms with E-state index < -0.39 is 17.5 Å². The molecular formula is C14H12F2N2OS. The molecule has 0 heterocycles. The van der Waals surface area contributed by atoms with Crippen LogP contribution in [-0.4, -0.2) is 11.7 Å². The van der Waals surface area contributed by atoms with Gasteiger partial charge in [0.25, 0.3) is 0 Å². The summed E-state index contributed by atoms with van der Waals surface area (Å²) in [5, 5.41) is 2.33. The van der Waals surface area contributed by atoms with Gasteiger partial charge in [0.2, 0.25) is 5.91 Å². The lowest BCUT2D eigenvalue weighted by Crippen LogP contribution is -2.15. The number of hydrogen-bond acceptors (Lipinski definition) is 3. The largest absolute Gasteiger partial charge is 0.399 e. The van der Waals surface area contributed by atoms with E-state index in [9.17, 15) is 13.6 Å². The molecule has 0 bridgehead atoms. The fraction of sp³-hybridized carbons (Fsp3) is 0.0714. The molecule has 0 aliphatic rings. The normalized spacial score (nSPS) is 10.3. The first kappa shape index (κ1) is 14.3. The van der Waals surface area contributed by atoms with Crippen LogP contribution in [0.3, 0.4) is 0 Å². The van der Waals surface area contributed by atoms with E-state index in [1.807, 2.05) is 0 Å². The quantitative estimate of drug-likeness (QED) is 0.672. The standard InChI is InChI=1S/C14H12F2N2OS/c15-9-1-6-12(16)13(7-9)18-14(19)8-20-11-4-2-10(17)3-5-11/h1-7H,8,17H2,(H,18,19). The third-order valence-corrected chi connectivity index (χ3v) is 3.46. The summed E-state index contributed by atoms with van der Waals surface area (Å²) in [6, 6.07) is 9.94. The zero-order chi connectivity index (χ0) is 14.5. The van der Waals surface area contributed by atoms with Crippen LogP contribution in [0.4, 0.5) is 20.2 Å². The molecule has 6 heteroatoms. The number of rotatable bonds is 4. The Bertz CT molecular complexity index is 617. The number of anilines is 2. The maximum Gasteiger partial charge on any atom is 0.234 e. The van der Waals surface area contributed by atoms with Gasteiger partial charge in [0.15, 0.2) is 0 Å². The Kier molecular flexibility index (Phi) is 4.57. The van der Waals surface area contributed by atoms with E-state index >= 15 is 0 Å². The number of nitrogens with two attached hydrogens (primary N) is 1. The van der Waals surface area contributed by atoms with Gasteiger partial charge in [-0.3, -0.25) is 4.79 Å². The Morgan fingerprint density at radius 2 is 1.85 bits per heavy atom. The average Bonchev–Trinajstić information content (AvgIpc) is 2.42. The SMILES string of the molecule is Nc1ccc(SCC(=O)Nc2cc(F)ccc2F)cc1. The maximum atomic E-state index is 13.3. The topological polar surface area (TPSA) is 55.1 Å². The molecule has 0 unspecified atom stereocenters. The maximum absolute atomic E-state index is 13.3. The van der Waals surface area contributed by atoms with Gasteiger partial charge >= 0.3 is 0 Å². The summed E-state index contributed by atoms with van der Waals surface area (Å²) in [5.74, 6) is -1.58. The summed E-state index contributed by atoms with van der Waals surface area (Å²) >= 11 is 1.28. The summed E-state index contributed by atoms with van der Waals surface area (Å²) in [7, 11) is 0. The van der Waals surface area contributed by atoms with E-state index in [0.717, 1.165) is 23.1 Å². The van der Waals surface area contributed by atoms with Crippen molar-refractivity contribution in [1.82, 2.24) is 0 Å². The second-order valence-corrected chi connectivity index (χ2v) is 5.08. The predicted molar refractivity (Wildman–Crippen MR) is 76.6 cm³/mol. The number of nitrogens with one attached hydrogen (secondary N) is 1. The van der Waals surface area contributed by atoms with Gasteiger partial charge in [-0.05, 0) is 36.4 Å². The van der Waals surface area contributed by atoms with Crippen LogP contribution in [0.5, 0.6) is 0 Å². The molecule has 2 rings (SSSR count). The van der Waals surface area contributed by atoms with Crippen LogP contribution in [0.2, 0.25) is 0 Å². The van der Waals surface area contributed by atoms with Gasteiger partial charge in [-0.25, -0.2) is 8.78 Å². The summed E-state index contributed by atoms with van der Waals surface area (Å²) in [6.07, 6.45) is 0. The smallest absolute Gasteiger partial charge is 0.234 e. The number of carbonyl (C=O) groups is 1. The fourth-order valence-electron chi connectivity index (χ4n) is 1.49. The minimum atomic E-state index is -0.669. The second kappa shape index (κ2) is 6.38. The van der Waals surface area contributed by atoms with E-state index in [2.05, 4.69) is 5.32 Å². The number of halogens is 2. The van der Waals surface area contributed by atoms with Gasteiger partial charge in [-0.15, -0.1) is 11.8 Å². The first-order valence-corrected chi connectivity index (χ1v) is 6.76. The molecule has 20 heavy (non-hydrogen) atoms. The molecule has 2 aromatic carbocycles. The molecule has 1 amide bonds. The number of benzene rings is 2. The van der Waals surface area contributed by atoms with Crippen LogP contribution in [0.25, 0.3) is 0 Å². The van der Waals surface area contributed by atoms with Gasteiger partial charge in [0, 0.05) is 16.6 Å². The van der Waals surface area contributed by atoms with Crippen LogP contribution in [0.1, 0.15) is 0 Å². The zero-order valence-corrected chi connectivity index (χ0v) is 11.2. The minimum Gasteiger partial charge on any atom is -0.399 e. The molecule has 104 valence electrons. The van der Waals surface area contributed by atoms with Crippen LogP contribution in [0, 0.1) is 11.6 Å². The van der Waals surface area contributed by atoms with Crippen molar-refractivity contribution in [2.24, 2.45) is 0 Å². The van der Waals surface area contributed by atoms with Crippen LogP contribution >= 0.6 is 11.8 Å². The summed E-state index contributed by atoms with van der Waals surface area (Å²) in [6.45, 7) is 0. The Morgan fingerprint density at radius 1 is 1.15 bits per heavy atom. The number of carbonyl (C=O) groups excluding carboxylic acids is 1. The van der Waals surface area contributed by atoms with Crippen molar-refractivity contribution in [3.8, 4) is 0 Å².